The molecule has 0 aromatic heterocycles. The summed E-state index contributed by atoms with van der Waals surface area (Å²) < 4.78 is 6.79. The van der Waals surface area contributed by atoms with E-state index in [9.17, 15) is 0 Å². The molecule has 0 saturated carbocycles. The highest BCUT2D eigenvalue weighted by atomic mass is 79.9. The van der Waals surface area contributed by atoms with Gasteiger partial charge >= 0.3 is 0 Å². The van der Waals surface area contributed by atoms with Gasteiger partial charge in [-0.25, -0.2) is 0 Å². The highest BCUT2D eigenvalue weighted by Gasteiger charge is 2.24. The van der Waals surface area contributed by atoms with Crippen molar-refractivity contribution in [3.63, 3.8) is 0 Å². The van der Waals surface area contributed by atoms with Crippen LogP contribution in [0.2, 0.25) is 0 Å². The van der Waals surface area contributed by atoms with Crippen LogP contribution in [0.4, 0.5) is 0 Å². The topological polar surface area (TPSA) is 35.2 Å². The van der Waals surface area contributed by atoms with Crippen LogP contribution >= 0.6 is 15.9 Å². The Bertz CT molecular complexity index is 576. The van der Waals surface area contributed by atoms with E-state index in [4.69, 9.17) is 10.5 Å². The van der Waals surface area contributed by atoms with Crippen LogP contribution in [0, 0.1) is 0 Å². The number of hydrogen-bond donors (Lipinski definition) is 1. The highest BCUT2D eigenvalue weighted by Crippen LogP contribution is 2.30. The van der Waals surface area contributed by atoms with Gasteiger partial charge in [0.05, 0.1) is 11.6 Å². The SMILES string of the molecule is CC(C)Oc1cccc(C(C)(N)c2ccc(Br)cc2)c1. The Morgan fingerprint density at radius 3 is 2.30 bits per heavy atom. The van der Waals surface area contributed by atoms with Crippen molar-refractivity contribution < 1.29 is 4.74 Å². The van der Waals surface area contributed by atoms with Crippen LogP contribution in [0.25, 0.3) is 0 Å². The second-order valence-electron chi connectivity index (χ2n) is 5.40. The Balaban J connectivity index is 2.35. The van der Waals surface area contributed by atoms with Gasteiger partial charge in [-0.15, -0.1) is 0 Å². The fourth-order valence-corrected chi connectivity index (χ4v) is 2.39. The van der Waals surface area contributed by atoms with Crippen molar-refractivity contribution in [2.75, 3.05) is 0 Å². The fraction of sp³-hybridized carbons (Fsp3) is 0.294. The van der Waals surface area contributed by atoms with Crippen LogP contribution in [0.1, 0.15) is 31.9 Å². The summed E-state index contributed by atoms with van der Waals surface area (Å²) in [6.45, 7) is 6.05. The number of nitrogens with two attached hydrogens (primary N) is 1. The zero-order valence-electron chi connectivity index (χ0n) is 12.1. The largest absolute Gasteiger partial charge is 0.491 e. The van der Waals surface area contributed by atoms with Crippen molar-refractivity contribution in [1.29, 1.82) is 0 Å². The van der Waals surface area contributed by atoms with Crippen LogP contribution in [0.15, 0.2) is 53.0 Å². The predicted octanol–water partition coefficient (Wildman–Crippen LogP) is 4.46. The smallest absolute Gasteiger partial charge is 0.120 e. The van der Waals surface area contributed by atoms with E-state index in [1.54, 1.807) is 0 Å². The number of rotatable bonds is 4. The molecular weight excluding hydrogens is 314 g/mol. The minimum Gasteiger partial charge on any atom is -0.491 e. The van der Waals surface area contributed by atoms with Gasteiger partial charge in [0.1, 0.15) is 5.75 Å². The predicted molar refractivity (Wildman–Crippen MR) is 87.0 cm³/mol. The first-order valence-electron chi connectivity index (χ1n) is 6.71. The molecule has 2 nitrogen and oxygen atoms in total. The van der Waals surface area contributed by atoms with Crippen LogP contribution < -0.4 is 10.5 Å². The van der Waals surface area contributed by atoms with Gasteiger partial charge in [0, 0.05) is 4.47 Å². The van der Waals surface area contributed by atoms with E-state index in [1.165, 1.54) is 0 Å². The van der Waals surface area contributed by atoms with Crippen molar-refractivity contribution in [2.24, 2.45) is 5.73 Å². The first kappa shape index (κ1) is 15.1. The summed E-state index contributed by atoms with van der Waals surface area (Å²) in [6.07, 6.45) is 0.155. The summed E-state index contributed by atoms with van der Waals surface area (Å²) in [5.41, 5.74) is 8.11. The quantitative estimate of drug-likeness (QED) is 0.896. The Kier molecular flexibility index (Phi) is 4.51. The first-order valence-corrected chi connectivity index (χ1v) is 7.51. The Morgan fingerprint density at radius 1 is 1.05 bits per heavy atom. The molecule has 106 valence electrons. The fourth-order valence-electron chi connectivity index (χ4n) is 2.13. The molecule has 0 aliphatic carbocycles. The lowest BCUT2D eigenvalue weighted by Crippen LogP contribution is -2.34. The minimum atomic E-state index is -0.545. The van der Waals surface area contributed by atoms with Crippen LogP contribution in [0.5, 0.6) is 5.75 Å². The van der Waals surface area contributed by atoms with E-state index >= 15 is 0 Å². The van der Waals surface area contributed by atoms with Gasteiger partial charge in [0.25, 0.3) is 0 Å². The molecule has 1 atom stereocenters. The van der Waals surface area contributed by atoms with Crippen molar-refractivity contribution in [3.05, 3.63) is 64.1 Å². The van der Waals surface area contributed by atoms with Gasteiger partial charge < -0.3 is 10.5 Å². The van der Waals surface area contributed by atoms with Crippen molar-refractivity contribution in [2.45, 2.75) is 32.4 Å². The molecule has 0 spiro atoms. The third-order valence-electron chi connectivity index (χ3n) is 3.25. The first-order chi connectivity index (χ1) is 9.39. The summed E-state index contributed by atoms with van der Waals surface area (Å²) in [7, 11) is 0. The van der Waals surface area contributed by atoms with E-state index in [2.05, 4.69) is 15.9 Å². The molecule has 0 aliphatic heterocycles. The average Bonchev–Trinajstić information content (AvgIpc) is 2.39. The third-order valence-corrected chi connectivity index (χ3v) is 3.78. The summed E-state index contributed by atoms with van der Waals surface area (Å²) in [5.74, 6) is 0.853. The van der Waals surface area contributed by atoms with Gasteiger partial charge in [-0.2, -0.15) is 0 Å². The summed E-state index contributed by atoms with van der Waals surface area (Å²) in [5, 5.41) is 0. The lowest BCUT2D eigenvalue weighted by Gasteiger charge is -2.26. The molecule has 0 fully saturated rings. The molecule has 2 aromatic rings. The zero-order valence-corrected chi connectivity index (χ0v) is 13.6. The van der Waals surface area contributed by atoms with Gasteiger partial charge in [0.15, 0.2) is 0 Å². The highest BCUT2D eigenvalue weighted by molar-refractivity contribution is 9.10. The Hall–Kier alpha value is -1.32. The molecule has 0 heterocycles. The third kappa shape index (κ3) is 3.41. The Morgan fingerprint density at radius 2 is 1.70 bits per heavy atom. The van der Waals surface area contributed by atoms with Crippen molar-refractivity contribution in [1.82, 2.24) is 0 Å². The summed E-state index contributed by atoms with van der Waals surface area (Å²) in [4.78, 5) is 0. The maximum atomic E-state index is 6.54. The number of ether oxygens (including phenoxy) is 1. The standard InChI is InChI=1S/C17H20BrNO/c1-12(2)20-16-6-4-5-14(11-16)17(3,19)13-7-9-15(18)10-8-13/h4-12H,19H2,1-3H3. The molecule has 0 saturated heterocycles. The minimum absolute atomic E-state index is 0.155. The number of halogens is 1. The maximum absolute atomic E-state index is 6.54. The maximum Gasteiger partial charge on any atom is 0.120 e. The molecule has 20 heavy (non-hydrogen) atoms. The second-order valence-corrected chi connectivity index (χ2v) is 6.32. The zero-order chi connectivity index (χ0) is 14.8. The molecule has 0 aliphatic rings. The van der Waals surface area contributed by atoms with E-state index in [-0.39, 0.29) is 6.10 Å². The molecule has 1 unspecified atom stereocenters. The number of hydrogen-bond acceptors (Lipinski definition) is 2. The van der Waals surface area contributed by atoms with Gasteiger partial charge in [-0.05, 0) is 56.2 Å². The van der Waals surface area contributed by atoms with Gasteiger partial charge in [-0.1, -0.05) is 40.2 Å². The number of benzene rings is 2. The molecule has 0 amide bonds. The van der Waals surface area contributed by atoms with Crippen LogP contribution in [-0.2, 0) is 5.54 Å². The molecule has 3 heteroatoms. The lowest BCUT2D eigenvalue weighted by molar-refractivity contribution is 0.242. The molecule has 2 rings (SSSR count). The Labute approximate surface area is 129 Å². The average molecular weight is 334 g/mol. The molecule has 2 N–H and O–H groups in total. The van der Waals surface area contributed by atoms with E-state index in [1.807, 2.05) is 69.3 Å². The lowest BCUT2D eigenvalue weighted by atomic mass is 9.86. The van der Waals surface area contributed by atoms with Crippen molar-refractivity contribution in [3.8, 4) is 5.75 Å². The van der Waals surface area contributed by atoms with Crippen molar-refractivity contribution >= 4 is 15.9 Å². The molecular formula is C17H20BrNO. The van der Waals surface area contributed by atoms with Crippen LogP contribution in [-0.4, -0.2) is 6.10 Å². The van der Waals surface area contributed by atoms with Crippen LogP contribution in [0.3, 0.4) is 0 Å². The molecule has 2 aromatic carbocycles. The van der Waals surface area contributed by atoms with E-state index in [0.29, 0.717) is 0 Å². The molecule has 0 radical (unpaired) electrons. The van der Waals surface area contributed by atoms with Gasteiger partial charge in [-0.3, -0.25) is 0 Å². The summed E-state index contributed by atoms with van der Waals surface area (Å²) >= 11 is 3.45. The van der Waals surface area contributed by atoms with E-state index in [0.717, 1.165) is 21.3 Å². The normalized spacial score (nSPS) is 14.1. The molecule has 0 bridgehead atoms. The van der Waals surface area contributed by atoms with E-state index < -0.39 is 5.54 Å². The summed E-state index contributed by atoms with van der Waals surface area (Å²) in [6, 6.07) is 16.1. The van der Waals surface area contributed by atoms with Gasteiger partial charge in [0.2, 0.25) is 0 Å². The second kappa shape index (κ2) is 5.98. The monoisotopic (exact) mass is 333 g/mol.